The predicted molar refractivity (Wildman–Crippen MR) is 83.9 cm³/mol. The summed E-state index contributed by atoms with van der Waals surface area (Å²) in [5.41, 5.74) is 2.72. The summed E-state index contributed by atoms with van der Waals surface area (Å²) in [7, 11) is 0. The Balaban J connectivity index is 2.55. The van der Waals surface area contributed by atoms with Crippen LogP contribution in [0.25, 0.3) is 11.1 Å². The van der Waals surface area contributed by atoms with Crippen molar-refractivity contribution >= 4 is 17.6 Å². The quantitative estimate of drug-likeness (QED) is 0.872. The minimum absolute atomic E-state index is 0.0141. The highest BCUT2D eigenvalue weighted by Crippen LogP contribution is 2.36. The summed E-state index contributed by atoms with van der Waals surface area (Å²) in [6.45, 7) is 3.42. The lowest BCUT2D eigenvalue weighted by Gasteiger charge is -2.13. The van der Waals surface area contributed by atoms with E-state index in [1.54, 1.807) is 32.0 Å². The van der Waals surface area contributed by atoms with Gasteiger partial charge in [-0.2, -0.15) is 0 Å². The molecule has 0 aliphatic carbocycles. The highest BCUT2D eigenvalue weighted by Gasteiger charge is 2.15. The van der Waals surface area contributed by atoms with Crippen LogP contribution in [0.5, 0.6) is 5.75 Å². The number of aromatic hydroxyl groups is 1. The zero-order valence-electron chi connectivity index (χ0n) is 12.3. The molecule has 0 heterocycles. The maximum Gasteiger partial charge on any atom is 0.303 e. The molecule has 0 saturated heterocycles. The van der Waals surface area contributed by atoms with E-state index in [0.717, 1.165) is 5.56 Å². The number of aryl methyl sites for hydroxylation is 3. The first-order valence-electron chi connectivity index (χ1n) is 6.80. The third-order valence-electron chi connectivity index (χ3n) is 3.51. The molecule has 2 aromatic rings. The van der Waals surface area contributed by atoms with Gasteiger partial charge in [-0.25, -0.2) is 4.39 Å². The van der Waals surface area contributed by atoms with Crippen LogP contribution in [0.15, 0.2) is 24.3 Å². The molecule has 0 atom stereocenters. The number of aliphatic carboxylic acids is 1. The molecule has 0 radical (unpaired) electrons. The van der Waals surface area contributed by atoms with Crippen molar-refractivity contribution in [3.8, 4) is 16.9 Å². The fourth-order valence-electron chi connectivity index (χ4n) is 2.51. The number of phenolic OH excluding ortho intramolecular Hbond substituents is 1. The minimum atomic E-state index is -0.979. The highest BCUT2D eigenvalue weighted by atomic mass is 35.5. The molecule has 2 aromatic carbocycles. The Morgan fingerprint density at radius 2 is 1.86 bits per heavy atom. The Morgan fingerprint density at radius 3 is 2.45 bits per heavy atom. The number of hydrogen-bond acceptors (Lipinski definition) is 2. The van der Waals surface area contributed by atoms with Crippen molar-refractivity contribution in [2.75, 3.05) is 0 Å². The third-order valence-corrected chi connectivity index (χ3v) is 3.72. The van der Waals surface area contributed by atoms with Gasteiger partial charge in [0.1, 0.15) is 11.6 Å². The molecular formula is C17H16ClFO3. The Morgan fingerprint density at radius 1 is 1.18 bits per heavy atom. The number of rotatable bonds is 4. The van der Waals surface area contributed by atoms with Gasteiger partial charge in [0, 0.05) is 17.0 Å². The molecule has 22 heavy (non-hydrogen) atoms. The van der Waals surface area contributed by atoms with E-state index < -0.39 is 11.8 Å². The second-order valence-corrected chi connectivity index (χ2v) is 5.71. The van der Waals surface area contributed by atoms with Crippen molar-refractivity contribution in [3.05, 3.63) is 51.8 Å². The average molecular weight is 323 g/mol. The zero-order valence-corrected chi connectivity index (χ0v) is 13.0. The zero-order chi connectivity index (χ0) is 16.4. The molecule has 0 aliphatic rings. The van der Waals surface area contributed by atoms with Gasteiger partial charge in [-0.1, -0.05) is 11.6 Å². The lowest BCUT2D eigenvalue weighted by molar-refractivity contribution is -0.136. The van der Waals surface area contributed by atoms with E-state index in [1.807, 2.05) is 0 Å². The smallest absolute Gasteiger partial charge is 0.303 e. The van der Waals surface area contributed by atoms with Gasteiger partial charge >= 0.3 is 5.97 Å². The second kappa shape index (κ2) is 6.36. The molecule has 0 amide bonds. The minimum Gasteiger partial charge on any atom is -0.507 e. The fraction of sp³-hybridized carbons (Fsp3) is 0.235. The molecule has 0 unspecified atom stereocenters. The largest absolute Gasteiger partial charge is 0.507 e. The number of carboxylic acids is 1. The number of benzene rings is 2. The number of phenols is 1. The van der Waals surface area contributed by atoms with Crippen LogP contribution in [0.3, 0.4) is 0 Å². The van der Waals surface area contributed by atoms with E-state index >= 15 is 0 Å². The van der Waals surface area contributed by atoms with Gasteiger partial charge in [0.2, 0.25) is 0 Å². The molecule has 0 aromatic heterocycles. The standard InChI is InChI=1S/C17H16ClFO3/c1-9-6-13(18)8-14(20)16(9)12-5-10(2)17(19)11(7-12)3-4-15(21)22/h5-8,20H,3-4H2,1-2H3,(H,21,22). The molecule has 5 heteroatoms. The van der Waals surface area contributed by atoms with Gasteiger partial charge in [0.25, 0.3) is 0 Å². The first kappa shape index (κ1) is 16.3. The Hall–Kier alpha value is -2.07. The first-order chi connectivity index (χ1) is 10.3. The molecule has 0 fully saturated rings. The molecule has 2 N–H and O–H groups in total. The monoisotopic (exact) mass is 322 g/mol. The van der Waals surface area contributed by atoms with Gasteiger partial charge in [-0.15, -0.1) is 0 Å². The predicted octanol–water partition coefficient (Wildman–Crippen LogP) is 4.49. The Kier molecular flexibility index (Phi) is 4.71. The van der Waals surface area contributed by atoms with Crippen molar-refractivity contribution in [3.63, 3.8) is 0 Å². The van der Waals surface area contributed by atoms with Crippen molar-refractivity contribution in [1.29, 1.82) is 0 Å². The molecule has 2 rings (SSSR count). The average Bonchev–Trinajstić information content (AvgIpc) is 2.39. The summed E-state index contributed by atoms with van der Waals surface area (Å²) in [6, 6.07) is 6.36. The Bertz CT molecular complexity index is 718. The van der Waals surface area contributed by atoms with Gasteiger partial charge in [0.15, 0.2) is 0 Å². The topological polar surface area (TPSA) is 57.5 Å². The van der Waals surface area contributed by atoms with Crippen molar-refractivity contribution < 1.29 is 19.4 Å². The molecular weight excluding hydrogens is 307 g/mol. The SMILES string of the molecule is Cc1cc(-c2c(C)cc(Cl)cc2O)cc(CCC(=O)O)c1F. The highest BCUT2D eigenvalue weighted by molar-refractivity contribution is 6.31. The second-order valence-electron chi connectivity index (χ2n) is 5.28. The van der Waals surface area contributed by atoms with Crippen LogP contribution in [0.4, 0.5) is 4.39 Å². The normalized spacial score (nSPS) is 10.7. The molecule has 0 saturated carbocycles. The van der Waals surface area contributed by atoms with Crippen LogP contribution in [0.1, 0.15) is 23.1 Å². The van der Waals surface area contributed by atoms with E-state index in [4.69, 9.17) is 16.7 Å². The lowest BCUT2D eigenvalue weighted by atomic mass is 9.94. The maximum absolute atomic E-state index is 14.1. The summed E-state index contributed by atoms with van der Waals surface area (Å²) in [5, 5.41) is 19.3. The van der Waals surface area contributed by atoms with E-state index in [-0.39, 0.29) is 18.6 Å². The van der Waals surface area contributed by atoms with Crippen LogP contribution in [-0.4, -0.2) is 16.2 Å². The van der Waals surface area contributed by atoms with Gasteiger partial charge in [0.05, 0.1) is 0 Å². The van der Waals surface area contributed by atoms with Crippen molar-refractivity contribution in [2.24, 2.45) is 0 Å². The maximum atomic E-state index is 14.1. The Labute approximate surface area is 133 Å². The molecule has 0 spiro atoms. The molecule has 3 nitrogen and oxygen atoms in total. The van der Waals surface area contributed by atoms with E-state index in [9.17, 15) is 14.3 Å². The number of carboxylic acid groups (broad SMARTS) is 1. The third kappa shape index (κ3) is 3.39. The molecule has 0 bridgehead atoms. The van der Waals surface area contributed by atoms with Crippen molar-refractivity contribution in [1.82, 2.24) is 0 Å². The lowest BCUT2D eigenvalue weighted by Crippen LogP contribution is -2.01. The molecule has 116 valence electrons. The van der Waals surface area contributed by atoms with E-state index in [1.165, 1.54) is 6.07 Å². The first-order valence-corrected chi connectivity index (χ1v) is 7.17. The summed E-state index contributed by atoms with van der Waals surface area (Å²) in [4.78, 5) is 10.7. The van der Waals surface area contributed by atoms with Crippen molar-refractivity contribution in [2.45, 2.75) is 26.7 Å². The number of halogens is 2. The fourth-order valence-corrected chi connectivity index (χ4v) is 2.78. The number of carbonyl (C=O) groups is 1. The van der Waals surface area contributed by atoms with Crippen LogP contribution in [-0.2, 0) is 11.2 Å². The summed E-state index contributed by atoms with van der Waals surface area (Å²) in [6.07, 6.45) is -0.0470. The molecule has 0 aliphatic heterocycles. The van der Waals surface area contributed by atoms with Gasteiger partial charge < -0.3 is 10.2 Å². The van der Waals surface area contributed by atoms with Crippen LogP contribution < -0.4 is 0 Å². The van der Waals surface area contributed by atoms with E-state index in [0.29, 0.717) is 27.3 Å². The van der Waals surface area contributed by atoms with Gasteiger partial charge in [-0.3, -0.25) is 4.79 Å². The van der Waals surface area contributed by atoms with Crippen LogP contribution in [0, 0.1) is 19.7 Å². The summed E-state index contributed by atoms with van der Waals surface area (Å²) < 4.78 is 14.1. The summed E-state index contributed by atoms with van der Waals surface area (Å²) in [5.74, 6) is -1.37. The summed E-state index contributed by atoms with van der Waals surface area (Å²) >= 11 is 5.90. The van der Waals surface area contributed by atoms with Crippen LogP contribution >= 0.6 is 11.6 Å². The van der Waals surface area contributed by atoms with Gasteiger partial charge in [-0.05, 0) is 66.8 Å². The van der Waals surface area contributed by atoms with Crippen LogP contribution in [0.2, 0.25) is 5.02 Å². The van der Waals surface area contributed by atoms with E-state index in [2.05, 4.69) is 0 Å². The number of hydrogen-bond donors (Lipinski definition) is 2.